The summed E-state index contributed by atoms with van der Waals surface area (Å²) in [4.78, 5) is 8.35. The van der Waals surface area contributed by atoms with Crippen LogP contribution < -0.4 is 0 Å². The number of rotatable bonds is 3. The first-order valence-corrected chi connectivity index (χ1v) is 6.03. The Bertz CT molecular complexity index is 692. The Hall–Kier alpha value is -1.92. The van der Waals surface area contributed by atoms with Crippen molar-refractivity contribution in [1.29, 1.82) is 0 Å². The van der Waals surface area contributed by atoms with Crippen molar-refractivity contribution in [3.8, 4) is 11.4 Å². The highest BCUT2D eigenvalue weighted by atomic mass is 35.5. The van der Waals surface area contributed by atoms with Crippen molar-refractivity contribution >= 4 is 24.0 Å². The van der Waals surface area contributed by atoms with Crippen molar-refractivity contribution in [2.45, 2.75) is 13.5 Å². The van der Waals surface area contributed by atoms with Gasteiger partial charge in [0.15, 0.2) is 0 Å². The maximum absolute atomic E-state index is 5.83. The minimum Gasteiger partial charge on any atom is -0.337 e. The van der Waals surface area contributed by atoms with Gasteiger partial charge in [0.1, 0.15) is 18.7 Å². The highest BCUT2D eigenvalue weighted by molar-refractivity contribution is 6.30. The molecular formula is C12H11Cl2N5O. The molecule has 0 N–H and O–H groups in total. The van der Waals surface area contributed by atoms with Crippen LogP contribution in [-0.2, 0) is 6.54 Å². The molecule has 104 valence electrons. The first kappa shape index (κ1) is 14.5. The van der Waals surface area contributed by atoms with Gasteiger partial charge in [0.2, 0.25) is 11.7 Å². The summed E-state index contributed by atoms with van der Waals surface area (Å²) in [5.41, 5.74) is 0.856. The molecule has 0 saturated carbocycles. The number of aromatic nitrogens is 5. The quantitative estimate of drug-likeness (QED) is 0.744. The highest BCUT2D eigenvalue weighted by Crippen LogP contribution is 2.18. The molecule has 0 unspecified atom stereocenters. The van der Waals surface area contributed by atoms with Crippen LogP contribution in [0, 0.1) is 6.92 Å². The predicted octanol–water partition coefficient (Wildman–Crippen LogP) is 2.76. The Morgan fingerprint density at radius 2 is 2.00 bits per heavy atom. The lowest BCUT2D eigenvalue weighted by atomic mass is 10.2. The second-order valence-corrected chi connectivity index (χ2v) is 4.42. The van der Waals surface area contributed by atoms with E-state index in [2.05, 4.69) is 20.2 Å². The molecule has 8 heteroatoms. The van der Waals surface area contributed by atoms with Gasteiger partial charge >= 0.3 is 0 Å². The highest BCUT2D eigenvalue weighted by Gasteiger charge is 2.10. The number of aryl methyl sites for hydroxylation is 1. The van der Waals surface area contributed by atoms with Crippen molar-refractivity contribution in [3.63, 3.8) is 0 Å². The maximum atomic E-state index is 5.83. The van der Waals surface area contributed by atoms with Crippen LogP contribution in [0.15, 0.2) is 35.1 Å². The van der Waals surface area contributed by atoms with Crippen LogP contribution in [-0.4, -0.2) is 24.9 Å². The molecular weight excluding hydrogens is 301 g/mol. The van der Waals surface area contributed by atoms with Crippen molar-refractivity contribution < 1.29 is 4.52 Å². The summed E-state index contributed by atoms with van der Waals surface area (Å²) in [6.07, 6.45) is 1.49. The summed E-state index contributed by atoms with van der Waals surface area (Å²) in [6, 6.07) is 7.26. The lowest BCUT2D eigenvalue weighted by Crippen LogP contribution is -2.04. The molecule has 0 spiro atoms. The van der Waals surface area contributed by atoms with E-state index in [1.54, 1.807) is 16.8 Å². The summed E-state index contributed by atoms with van der Waals surface area (Å²) < 4.78 is 6.89. The molecule has 0 bridgehead atoms. The van der Waals surface area contributed by atoms with E-state index in [-0.39, 0.29) is 12.4 Å². The van der Waals surface area contributed by atoms with E-state index >= 15 is 0 Å². The monoisotopic (exact) mass is 311 g/mol. The topological polar surface area (TPSA) is 69.6 Å². The van der Waals surface area contributed by atoms with Crippen molar-refractivity contribution in [1.82, 2.24) is 24.9 Å². The Morgan fingerprint density at radius 3 is 2.65 bits per heavy atom. The first-order chi connectivity index (χ1) is 9.22. The Balaban J connectivity index is 0.00000147. The normalized spacial score (nSPS) is 10.3. The van der Waals surface area contributed by atoms with Gasteiger partial charge in [-0.3, -0.25) is 0 Å². The molecule has 0 aliphatic carbocycles. The van der Waals surface area contributed by atoms with Crippen LogP contribution in [0.4, 0.5) is 0 Å². The second kappa shape index (κ2) is 6.02. The zero-order valence-corrected chi connectivity index (χ0v) is 12.1. The van der Waals surface area contributed by atoms with Crippen LogP contribution in [0.1, 0.15) is 11.7 Å². The average Bonchev–Trinajstić information content (AvgIpc) is 3.01. The number of benzene rings is 1. The molecule has 3 rings (SSSR count). The van der Waals surface area contributed by atoms with E-state index in [1.165, 1.54) is 6.33 Å². The van der Waals surface area contributed by atoms with E-state index < -0.39 is 0 Å². The maximum Gasteiger partial charge on any atom is 0.248 e. The molecule has 2 aromatic heterocycles. The number of halogens is 2. The Kier molecular flexibility index (Phi) is 4.36. The summed E-state index contributed by atoms with van der Waals surface area (Å²) in [6.45, 7) is 2.27. The fourth-order valence-electron chi connectivity index (χ4n) is 1.64. The van der Waals surface area contributed by atoms with Gasteiger partial charge in [-0.1, -0.05) is 16.8 Å². The lowest BCUT2D eigenvalue weighted by molar-refractivity contribution is 0.364. The standard InChI is InChI=1S/C12H10ClN5O.ClH/c1-8-14-7-15-18(8)6-11-16-12(17-19-11)9-2-4-10(13)5-3-9;/h2-5,7H,6H2,1H3;1H. The summed E-state index contributed by atoms with van der Waals surface area (Å²) >= 11 is 5.83. The molecule has 0 amide bonds. The van der Waals surface area contributed by atoms with Crippen molar-refractivity contribution in [3.05, 3.63) is 47.3 Å². The molecule has 0 saturated heterocycles. The van der Waals surface area contributed by atoms with Gasteiger partial charge in [-0.05, 0) is 31.2 Å². The molecule has 0 atom stereocenters. The van der Waals surface area contributed by atoms with E-state index in [1.807, 2.05) is 19.1 Å². The fourth-order valence-corrected chi connectivity index (χ4v) is 1.77. The van der Waals surface area contributed by atoms with Gasteiger partial charge in [-0.15, -0.1) is 12.4 Å². The van der Waals surface area contributed by atoms with Gasteiger partial charge in [-0.25, -0.2) is 9.67 Å². The molecule has 20 heavy (non-hydrogen) atoms. The SMILES string of the molecule is Cc1ncnn1Cc1nc(-c2ccc(Cl)cc2)no1.Cl. The minimum atomic E-state index is 0. The van der Waals surface area contributed by atoms with Crippen LogP contribution in [0.25, 0.3) is 11.4 Å². The third-order valence-electron chi connectivity index (χ3n) is 2.66. The zero-order chi connectivity index (χ0) is 13.2. The summed E-state index contributed by atoms with van der Waals surface area (Å²) in [5.74, 6) is 1.81. The third kappa shape index (κ3) is 2.97. The molecule has 0 fully saturated rings. The van der Waals surface area contributed by atoms with E-state index in [0.717, 1.165) is 11.4 Å². The molecule has 0 radical (unpaired) electrons. The fraction of sp³-hybridized carbons (Fsp3) is 0.167. The van der Waals surface area contributed by atoms with Gasteiger partial charge in [0.25, 0.3) is 0 Å². The van der Waals surface area contributed by atoms with E-state index in [0.29, 0.717) is 23.3 Å². The van der Waals surface area contributed by atoms with Gasteiger partial charge in [0.05, 0.1) is 0 Å². The van der Waals surface area contributed by atoms with Crippen LogP contribution in [0.3, 0.4) is 0 Å². The number of hydrogen-bond acceptors (Lipinski definition) is 5. The Morgan fingerprint density at radius 1 is 1.25 bits per heavy atom. The largest absolute Gasteiger partial charge is 0.337 e. The average molecular weight is 312 g/mol. The second-order valence-electron chi connectivity index (χ2n) is 3.98. The van der Waals surface area contributed by atoms with Crippen molar-refractivity contribution in [2.75, 3.05) is 0 Å². The molecule has 0 aliphatic rings. The van der Waals surface area contributed by atoms with Gasteiger partial charge < -0.3 is 4.52 Å². The first-order valence-electron chi connectivity index (χ1n) is 5.65. The molecule has 0 aliphatic heterocycles. The molecule has 1 aromatic carbocycles. The smallest absolute Gasteiger partial charge is 0.248 e. The molecule has 3 aromatic rings. The minimum absolute atomic E-state index is 0. The Labute approximate surface area is 126 Å². The van der Waals surface area contributed by atoms with E-state index in [4.69, 9.17) is 16.1 Å². The third-order valence-corrected chi connectivity index (χ3v) is 2.92. The molecule has 2 heterocycles. The van der Waals surface area contributed by atoms with E-state index in [9.17, 15) is 0 Å². The number of hydrogen-bond donors (Lipinski definition) is 0. The van der Waals surface area contributed by atoms with Crippen molar-refractivity contribution in [2.24, 2.45) is 0 Å². The van der Waals surface area contributed by atoms with Gasteiger partial charge in [-0.2, -0.15) is 10.1 Å². The zero-order valence-electron chi connectivity index (χ0n) is 10.5. The predicted molar refractivity (Wildman–Crippen MR) is 75.9 cm³/mol. The number of nitrogens with zero attached hydrogens (tertiary/aromatic N) is 5. The molecule has 6 nitrogen and oxygen atoms in total. The summed E-state index contributed by atoms with van der Waals surface area (Å²) in [5, 5.41) is 8.67. The summed E-state index contributed by atoms with van der Waals surface area (Å²) in [7, 11) is 0. The van der Waals surface area contributed by atoms with Crippen LogP contribution in [0.5, 0.6) is 0 Å². The van der Waals surface area contributed by atoms with Gasteiger partial charge in [0, 0.05) is 10.6 Å². The van der Waals surface area contributed by atoms with Crippen LogP contribution in [0.2, 0.25) is 5.02 Å². The lowest BCUT2D eigenvalue weighted by Gasteiger charge is -1.96. The van der Waals surface area contributed by atoms with Crippen LogP contribution >= 0.6 is 24.0 Å².